The fourth-order valence-electron chi connectivity index (χ4n) is 1.43. The van der Waals surface area contributed by atoms with E-state index in [9.17, 15) is 0 Å². The number of aromatic nitrogens is 2. The van der Waals surface area contributed by atoms with Crippen molar-refractivity contribution in [3.8, 4) is 11.9 Å². The van der Waals surface area contributed by atoms with E-state index >= 15 is 0 Å². The van der Waals surface area contributed by atoms with Crippen molar-refractivity contribution in [3.63, 3.8) is 0 Å². The number of ether oxygens (including phenoxy) is 2. The van der Waals surface area contributed by atoms with E-state index in [1.807, 2.05) is 6.92 Å². The van der Waals surface area contributed by atoms with Crippen LogP contribution in [-0.2, 0) is 0 Å². The summed E-state index contributed by atoms with van der Waals surface area (Å²) in [6.45, 7) is 6.32. The van der Waals surface area contributed by atoms with Gasteiger partial charge in [0.25, 0.3) is 0 Å². The fraction of sp³-hybridized carbons (Fsp3) is 0.636. The lowest BCUT2D eigenvalue weighted by Gasteiger charge is -2.15. The Morgan fingerprint density at radius 1 is 1.38 bits per heavy atom. The lowest BCUT2D eigenvalue weighted by molar-refractivity contribution is 0.175. The van der Waals surface area contributed by atoms with Crippen LogP contribution in [0.25, 0.3) is 0 Å². The Kier molecular flexibility index (Phi) is 4.99. The molecule has 0 aliphatic carbocycles. The molecule has 0 fully saturated rings. The van der Waals surface area contributed by atoms with Gasteiger partial charge in [-0.15, -0.1) is 0 Å². The average molecular weight is 289 g/mol. The summed E-state index contributed by atoms with van der Waals surface area (Å²) in [5.41, 5.74) is 0. The van der Waals surface area contributed by atoms with Crippen LogP contribution in [0.4, 0.5) is 0 Å². The van der Waals surface area contributed by atoms with E-state index in [4.69, 9.17) is 9.47 Å². The second-order valence-corrected chi connectivity index (χ2v) is 4.92. The molecule has 0 spiro atoms. The van der Waals surface area contributed by atoms with Gasteiger partial charge in [-0.2, -0.15) is 4.98 Å². The maximum Gasteiger partial charge on any atom is 0.320 e. The molecule has 0 amide bonds. The van der Waals surface area contributed by atoms with E-state index < -0.39 is 0 Å². The Hall–Kier alpha value is -0.840. The zero-order valence-corrected chi connectivity index (χ0v) is 11.6. The summed E-state index contributed by atoms with van der Waals surface area (Å²) in [7, 11) is 1.56. The average Bonchev–Trinajstić information content (AvgIpc) is 2.19. The standard InChI is InChI=1S/C11H17BrN2O2/c1-7(2)5-8(3)16-11-13-6-9(12)10(14-11)15-4/h6-8H,5H2,1-4H3. The summed E-state index contributed by atoms with van der Waals surface area (Å²) in [5.74, 6) is 1.08. The highest BCUT2D eigenvalue weighted by Gasteiger charge is 2.11. The molecular formula is C11H17BrN2O2. The first kappa shape index (κ1) is 13.2. The van der Waals surface area contributed by atoms with Crippen LogP contribution >= 0.6 is 15.9 Å². The SMILES string of the molecule is COc1nc(OC(C)CC(C)C)ncc1Br. The molecule has 16 heavy (non-hydrogen) atoms. The number of methoxy groups -OCH3 is 1. The molecule has 0 aliphatic heterocycles. The van der Waals surface area contributed by atoms with Gasteiger partial charge in [-0.3, -0.25) is 0 Å². The van der Waals surface area contributed by atoms with Gasteiger partial charge in [-0.25, -0.2) is 4.98 Å². The zero-order valence-electron chi connectivity index (χ0n) is 10.0. The molecule has 0 saturated heterocycles. The summed E-state index contributed by atoms with van der Waals surface area (Å²) in [5, 5.41) is 0. The van der Waals surface area contributed by atoms with Crippen LogP contribution in [0.2, 0.25) is 0 Å². The third-order valence-electron chi connectivity index (χ3n) is 1.99. The molecule has 5 heteroatoms. The van der Waals surface area contributed by atoms with Gasteiger partial charge in [0, 0.05) is 0 Å². The molecule has 4 nitrogen and oxygen atoms in total. The fourth-order valence-corrected chi connectivity index (χ4v) is 1.78. The zero-order chi connectivity index (χ0) is 12.1. The number of rotatable bonds is 5. The van der Waals surface area contributed by atoms with Gasteiger partial charge in [-0.05, 0) is 35.2 Å². The van der Waals surface area contributed by atoms with Gasteiger partial charge in [0.2, 0.25) is 5.88 Å². The number of halogens is 1. The minimum atomic E-state index is 0.103. The van der Waals surface area contributed by atoms with Crippen LogP contribution < -0.4 is 9.47 Å². The largest absolute Gasteiger partial charge is 0.480 e. The van der Waals surface area contributed by atoms with Crippen molar-refractivity contribution >= 4 is 15.9 Å². The van der Waals surface area contributed by atoms with Crippen molar-refractivity contribution in [3.05, 3.63) is 10.7 Å². The van der Waals surface area contributed by atoms with Crippen LogP contribution in [0.1, 0.15) is 27.2 Å². The Balaban J connectivity index is 2.67. The quantitative estimate of drug-likeness (QED) is 0.835. The maximum atomic E-state index is 5.60. The molecular weight excluding hydrogens is 272 g/mol. The predicted octanol–water partition coefficient (Wildman–Crippen LogP) is 3.06. The van der Waals surface area contributed by atoms with Crippen LogP contribution in [-0.4, -0.2) is 23.2 Å². The summed E-state index contributed by atoms with van der Waals surface area (Å²) >= 11 is 3.29. The van der Waals surface area contributed by atoms with Crippen molar-refractivity contribution < 1.29 is 9.47 Å². The second-order valence-electron chi connectivity index (χ2n) is 4.07. The van der Waals surface area contributed by atoms with Crippen LogP contribution in [0.3, 0.4) is 0 Å². The van der Waals surface area contributed by atoms with E-state index in [-0.39, 0.29) is 6.10 Å². The van der Waals surface area contributed by atoms with E-state index in [1.165, 1.54) is 0 Å². The molecule has 1 unspecified atom stereocenters. The minimum absolute atomic E-state index is 0.103. The molecule has 0 saturated carbocycles. The number of nitrogens with zero attached hydrogens (tertiary/aromatic N) is 2. The first-order valence-electron chi connectivity index (χ1n) is 5.26. The molecule has 1 heterocycles. The third-order valence-corrected chi connectivity index (χ3v) is 2.54. The molecule has 1 aromatic rings. The Morgan fingerprint density at radius 2 is 2.06 bits per heavy atom. The van der Waals surface area contributed by atoms with Crippen molar-refractivity contribution in [1.82, 2.24) is 9.97 Å². The van der Waals surface area contributed by atoms with Crippen molar-refractivity contribution in [2.45, 2.75) is 33.3 Å². The molecule has 1 atom stereocenters. The van der Waals surface area contributed by atoms with Crippen molar-refractivity contribution in [2.24, 2.45) is 5.92 Å². The van der Waals surface area contributed by atoms with Crippen molar-refractivity contribution in [1.29, 1.82) is 0 Å². The summed E-state index contributed by atoms with van der Waals surface area (Å²) in [4.78, 5) is 8.21. The van der Waals surface area contributed by atoms with Crippen LogP contribution in [0.5, 0.6) is 11.9 Å². The van der Waals surface area contributed by atoms with Crippen LogP contribution in [0, 0.1) is 5.92 Å². The second kappa shape index (κ2) is 6.03. The monoisotopic (exact) mass is 288 g/mol. The smallest absolute Gasteiger partial charge is 0.320 e. The number of hydrogen-bond donors (Lipinski definition) is 0. The van der Waals surface area contributed by atoms with Crippen LogP contribution in [0.15, 0.2) is 10.7 Å². The Bertz CT molecular complexity index is 345. The summed E-state index contributed by atoms with van der Waals surface area (Å²) < 4.78 is 11.4. The lowest BCUT2D eigenvalue weighted by Crippen LogP contribution is -2.16. The highest BCUT2D eigenvalue weighted by molar-refractivity contribution is 9.10. The predicted molar refractivity (Wildman–Crippen MR) is 65.8 cm³/mol. The Labute approximate surface area is 105 Å². The normalized spacial score (nSPS) is 12.6. The highest BCUT2D eigenvalue weighted by atomic mass is 79.9. The van der Waals surface area contributed by atoms with Gasteiger partial charge < -0.3 is 9.47 Å². The van der Waals surface area contributed by atoms with E-state index in [0.29, 0.717) is 17.8 Å². The van der Waals surface area contributed by atoms with Gasteiger partial charge in [0.1, 0.15) is 0 Å². The van der Waals surface area contributed by atoms with Crippen molar-refractivity contribution in [2.75, 3.05) is 7.11 Å². The first-order chi connectivity index (χ1) is 7.52. The molecule has 0 aliphatic rings. The Morgan fingerprint density at radius 3 is 2.62 bits per heavy atom. The van der Waals surface area contributed by atoms with E-state index in [1.54, 1.807) is 13.3 Å². The highest BCUT2D eigenvalue weighted by Crippen LogP contribution is 2.23. The summed E-state index contributed by atoms with van der Waals surface area (Å²) in [6, 6.07) is 0.355. The molecule has 0 aromatic carbocycles. The van der Waals surface area contributed by atoms with E-state index in [0.717, 1.165) is 10.9 Å². The molecule has 0 N–H and O–H groups in total. The van der Waals surface area contributed by atoms with Gasteiger partial charge in [0.05, 0.1) is 23.9 Å². The first-order valence-corrected chi connectivity index (χ1v) is 6.05. The third kappa shape index (κ3) is 3.96. The van der Waals surface area contributed by atoms with Gasteiger partial charge in [-0.1, -0.05) is 13.8 Å². The van der Waals surface area contributed by atoms with Gasteiger partial charge >= 0.3 is 6.01 Å². The lowest BCUT2D eigenvalue weighted by atomic mass is 10.1. The van der Waals surface area contributed by atoms with Gasteiger partial charge in [0.15, 0.2) is 0 Å². The topological polar surface area (TPSA) is 44.2 Å². The minimum Gasteiger partial charge on any atom is -0.480 e. The van der Waals surface area contributed by atoms with E-state index in [2.05, 4.69) is 39.7 Å². The molecule has 90 valence electrons. The summed E-state index contributed by atoms with van der Waals surface area (Å²) in [6.07, 6.45) is 2.70. The maximum absolute atomic E-state index is 5.60. The molecule has 1 aromatic heterocycles. The number of hydrogen-bond acceptors (Lipinski definition) is 4. The molecule has 1 rings (SSSR count). The molecule has 0 radical (unpaired) electrons. The molecule has 0 bridgehead atoms.